The summed E-state index contributed by atoms with van der Waals surface area (Å²) >= 11 is 0. The summed E-state index contributed by atoms with van der Waals surface area (Å²) in [6, 6.07) is 7.49. The van der Waals surface area contributed by atoms with E-state index >= 15 is 0 Å². The van der Waals surface area contributed by atoms with Gasteiger partial charge in [0.15, 0.2) is 5.65 Å². The van der Waals surface area contributed by atoms with E-state index in [9.17, 15) is 4.79 Å². The van der Waals surface area contributed by atoms with Crippen LogP contribution in [0.15, 0.2) is 36.7 Å². The van der Waals surface area contributed by atoms with E-state index in [-0.39, 0.29) is 5.91 Å². The minimum Gasteiger partial charge on any atom is -0.497 e. The van der Waals surface area contributed by atoms with Gasteiger partial charge in [-0.05, 0) is 31.0 Å². The molecule has 3 aromatic heterocycles. The van der Waals surface area contributed by atoms with Gasteiger partial charge < -0.3 is 19.4 Å². The highest BCUT2D eigenvalue weighted by molar-refractivity contribution is 5.96. The normalized spacial score (nSPS) is 13.3. The molecule has 0 fully saturated rings. The van der Waals surface area contributed by atoms with Crippen LogP contribution >= 0.6 is 0 Å². The van der Waals surface area contributed by atoms with Crippen LogP contribution in [0.5, 0.6) is 11.5 Å². The maximum absolute atomic E-state index is 12.8. The summed E-state index contributed by atoms with van der Waals surface area (Å²) in [5.74, 6) is 3.27. The van der Waals surface area contributed by atoms with Crippen molar-refractivity contribution in [3.05, 3.63) is 59.4 Å². The Labute approximate surface area is 203 Å². The Kier molecular flexibility index (Phi) is 6.60. The number of amides is 1. The summed E-state index contributed by atoms with van der Waals surface area (Å²) in [7, 11) is 3.25. The van der Waals surface area contributed by atoms with E-state index in [1.165, 1.54) is 6.42 Å². The Bertz CT molecular complexity index is 1340. The van der Waals surface area contributed by atoms with Crippen molar-refractivity contribution in [2.75, 3.05) is 20.8 Å². The first kappa shape index (κ1) is 22.8. The Balaban J connectivity index is 1.24. The molecule has 0 aliphatic carbocycles. The third kappa shape index (κ3) is 4.82. The van der Waals surface area contributed by atoms with Gasteiger partial charge in [0.2, 0.25) is 0 Å². The highest BCUT2D eigenvalue weighted by Crippen LogP contribution is 2.26. The number of aryl methyl sites for hydroxylation is 1. The van der Waals surface area contributed by atoms with E-state index in [1.54, 1.807) is 31.3 Å². The summed E-state index contributed by atoms with van der Waals surface area (Å²) in [5, 5.41) is 16.9. The number of nitrogens with one attached hydrogen (secondary N) is 1. The number of carbonyl (C=O) groups excluding carboxylic acids is 1. The van der Waals surface area contributed by atoms with Gasteiger partial charge in [-0.15, -0.1) is 10.2 Å². The van der Waals surface area contributed by atoms with Crippen molar-refractivity contribution in [2.24, 2.45) is 0 Å². The maximum atomic E-state index is 12.8. The number of rotatable bonds is 8. The van der Waals surface area contributed by atoms with Crippen LogP contribution in [-0.2, 0) is 25.9 Å². The van der Waals surface area contributed by atoms with E-state index < -0.39 is 0 Å². The molecule has 0 radical (unpaired) electrons. The molecule has 0 saturated heterocycles. The summed E-state index contributed by atoms with van der Waals surface area (Å²) in [6.07, 6.45) is 8.47. The van der Waals surface area contributed by atoms with Crippen LogP contribution in [-0.4, -0.2) is 56.2 Å². The van der Waals surface area contributed by atoms with Crippen LogP contribution in [0.1, 0.15) is 46.8 Å². The van der Waals surface area contributed by atoms with Crippen molar-refractivity contribution in [1.82, 2.24) is 34.8 Å². The van der Waals surface area contributed by atoms with Crippen molar-refractivity contribution < 1.29 is 14.3 Å². The average molecular weight is 476 g/mol. The van der Waals surface area contributed by atoms with Gasteiger partial charge in [-0.1, -0.05) is 6.42 Å². The molecule has 0 saturated carbocycles. The van der Waals surface area contributed by atoms with Gasteiger partial charge in [0.1, 0.15) is 23.1 Å². The zero-order chi connectivity index (χ0) is 24.2. The zero-order valence-electron chi connectivity index (χ0n) is 20.0. The second kappa shape index (κ2) is 10.1. The molecule has 1 N–H and O–H groups in total. The molecule has 1 amide bonds. The predicted octanol–water partition coefficient (Wildman–Crippen LogP) is 2.79. The van der Waals surface area contributed by atoms with E-state index in [0.29, 0.717) is 36.5 Å². The summed E-state index contributed by atoms with van der Waals surface area (Å²) < 4.78 is 14.8. The molecule has 0 atom stereocenters. The summed E-state index contributed by atoms with van der Waals surface area (Å²) in [4.78, 5) is 17.3. The molecule has 35 heavy (non-hydrogen) atoms. The lowest BCUT2D eigenvalue weighted by Gasteiger charge is -2.11. The Morgan fingerprint density at radius 2 is 2.00 bits per heavy atom. The van der Waals surface area contributed by atoms with Gasteiger partial charge in [-0.2, -0.15) is 5.10 Å². The lowest BCUT2D eigenvalue weighted by Crippen LogP contribution is -2.26. The quantitative estimate of drug-likeness (QED) is 0.417. The Hall–Kier alpha value is -3.95. The number of methoxy groups -OCH3 is 2. The minimum atomic E-state index is -0.167. The highest BCUT2D eigenvalue weighted by Gasteiger charge is 2.16. The molecule has 0 unspecified atom stereocenters. The molecule has 4 heterocycles. The fourth-order valence-electron chi connectivity index (χ4n) is 4.48. The minimum absolute atomic E-state index is 0.167. The monoisotopic (exact) mass is 475 g/mol. The smallest absolute Gasteiger partial charge is 0.252 e. The number of fused-ring (bicyclic) bond motifs is 2. The van der Waals surface area contributed by atoms with E-state index in [4.69, 9.17) is 9.47 Å². The van der Waals surface area contributed by atoms with Crippen molar-refractivity contribution in [3.8, 4) is 11.5 Å². The van der Waals surface area contributed by atoms with Crippen molar-refractivity contribution in [1.29, 1.82) is 0 Å². The predicted molar refractivity (Wildman–Crippen MR) is 130 cm³/mol. The molecular formula is C25H29N7O3. The average Bonchev–Trinajstić information content (AvgIpc) is 3.38. The van der Waals surface area contributed by atoms with Crippen molar-refractivity contribution in [2.45, 2.75) is 45.2 Å². The number of ether oxygens (including phenoxy) is 2. The molecule has 1 aliphatic heterocycles. The highest BCUT2D eigenvalue weighted by atomic mass is 16.5. The summed E-state index contributed by atoms with van der Waals surface area (Å²) in [5.41, 5.74) is 2.15. The van der Waals surface area contributed by atoms with Crippen LogP contribution < -0.4 is 14.8 Å². The van der Waals surface area contributed by atoms with Crippen LogP contribution in [0.2, 0.25) is 0 Å². The molecule has 5 rings (SSSR count). The topological polar surface area (TPSA) is 109 Å². The lowest BCUT2D eigenvalue weighted by atomic mass is 10.2. The molecule has 182 valence electrons. The van der Waals surface area contributed by atoms with Crippen LogP contribution in [0.25, 0.3) is 11.0 Å². The molecule has 10 nitrogen and oxygen atoms in total. The first-order chi connectivity index (χ1) is 17.2. The molecule has 10 heteroatoms. The summed E-state index contributed by atoms with van der Waals surface area (Å²) in [6.45, 7) is 1.93. The first-order valence-corrected chi connectivity index (χ1v) is 11.9. The number of nitrogens with zero attached hydrogens (tertiary/aromatic N) is 6. The van der Waals surface area contributed by atoms with E-state index in [1.807, 2.05) is 24.3 Å². The Morgan fingerprint density at radius 3 is 2.86 bits per heavy atom. The molecular weight excluding hydrogens is 446 g/mol. The van der Waals surface area contributed by atoms with Crippen LogP contribution in [0.3, 0.4) is 0 Å². The van der Waals surface area contributed by atoms with Crippen LogP contribution in [0.4, 0.5) is 0 Å². The fraction of sp³-hybridized carbons (Fsp3) is 0.400. The van der Waals surface area contributed by atoms with Gasteiger partial charge in [0.05, 0.1) is 32.5 Å². The van der Waals surface area contributed by atoms with Crippen LogP contribution in [0, 0.1) is 0 Å². The third-order valence-electron chi connectivity index (χ3n) is 6.37. The van der Waals surface area contributed by atoms with Gasteiger partial charge in [-0.25, -0.2) is 9.67 Å². The molecule has 1 aliphatic rings. The largest absolute Gasteiger partial charge is 0.497 e. The number of hydrogen-bond acceptors (Lipinski definition) is 7. The molecule has 1 aromatic carbocycles. The number of aromatic nitrogens is 6. The van der Waals surface area contributed by atoms with Crippen molar-refractivity contribution in [3.63, 3.8) is 0 Å². The number of benzene rings is 1. The van der Waals surface area contributed by atoms with Gasteiger partial charge in [-0.3, -0.25) is 4.79 Å². The molecule has 0 bridgehead atoms. The van der Waals surface area contributed by atoms with Crippen molar-refractivity contribution >= 4 is 16.9 Å². The van der Waals surface area contributed by atoms with E-state index in [0.717, 1.165) is 54.2 Å². The van der Waals surface area contributed by atoms with Gasteiger partial charge in [0.25, 0.3) is 5.91 Å². The standard InChI is InChI=1S/C25H29N7O3/c1-34-20-8-7-17(21(13-20)35-2)16-32-24-18(15-28-32)12-19(14-27-24)25(33)26-10-9-23-30-29-22-6-4-3-5-11-31(22)23/h7-8,12-15H,3-6,9-11,16H2,1-2H3,(H,26,33). The zero-order valence-corrected chi connectivity index (χ0v) is 20.0. The lowest BCUT2D eigenvalue weighted by molar-refractivity contribution is 0.0953. The van der Waals surface area contributed by atoms with Gasteiger partial charge in [0, 0.05) is 49.1 Å². The fourth-order valence-corrected chi connectivity index (χ4v) is 4.48. The Morgan fingerprint density at radius 1 is 1.09 bits per heavy atom. The SMILES string of the molecule is COc1ccc(Cn2ncc3cc(C(=O)NCCc4nnc5n4CCCCC5)cnc32)c(OC)c1. The first-order valence-electron chi connectivity index (χ1n) is 11.9. The maximum Gasteiger partial charge on any atom is 0.252 e. The second-order valence-electron chi connectivity index (χ2n) is 8.62. The number of hydrogen-bond donors (Lipinski definition) is 1. The van der Waals surface area contributed by atoms with E-state index in [2.05, 4.69) is 30.2 Å². The molecule has 0 spiro atoms. The number of carbonyl (C=O) groups is 1. The number of pyridine rings is 1. The third-order valence-corrected chi connectivity index (χ3v) is 6.37. The second-order valence-corrected chi connectivity index (χ2v) is 8.62. The van der Waals surface area contributed by atoms with Gasteiger partial charge >= 0.3 is 0 Å². The molecule has 4 aromatic rings.